The average molecular weight is 244 g/mol. The Morgan fingerprint density at radius 2 is 1.94 bits per heavy atom. The molecule has 1 aromatic heterocycles. The van der Waals surface area contributed by atoms with Crippen LogP contribution >= 0.6 is 12.6 Å². The van der Waals surface area contributed by atoms with Crippen molar-refractivity contribution in [3.05, 3.63) is 42.7 Å². The summed E-state index contributed by atoms with van der Waals surface area (Å²) in [7, 11) is 0. The molecule has 88 valence electrons. The van der Waals surface area contributed by atoms with Crippen LogP contribution in [0.1, 0.15) is 12.8 Å². The molecule has 1 saturated carbocycles. The molecular weight excluding hydrogens is 228 g/mol. The Bertz CT molecular complexity index is 500. The summed E-state index contributed by atoms with van der Waals surface area (Å²) in [6.45, 7) is 1.00. The maximum Gasteiger partial charge on any atom is 0.0568 e. The average Bonchev–Trinajstić information content (AvgIpc) is 3.00. The molecule has 17 heavy (non-hydrogen) atoms. The quantitative estimate of drug-likeness (QED) is 0.817. The molecule has 0 N–H and O–H groups in total. The number of aromatic nitrogens is 2. The van der Waals surface area contributed by atoms with Crippen molar-refractivity contribution in [3.8, 4) is 11.1 Å². The lowest BCUT2D eigenvalue weighted by molar-refractivity contribution is 0.440. The lowest BCUT2D eigenvalue weighted by atomic mass is 10.1. The minimum absolute atomic E-state index is 0.420. The van der Waals surface area contributed by atoms with Gasteiger partial charge in [-0.25, -0.2) is 0 Å². The van der Waals surface area contributed by atoms with Crippen LogP contribution in [0.3, 0.4) is 0 Å². The standard InChI is InChI=1S/C14H16N2S/c17-11-14(6-7-14)10-16-9-13(8-15-16)12-4-2-1-3-5-12/h1-5,8-9,17H,6-7,10-11H2. The van der Waals surface area contributed by atoms with E-state index in [0.29, 0.717) is 5.41 Å². The fraction of sp³-hybridized carbons (Fsp3) is 0.357. The summed E-state index contributed by atoms with van der Waals surface area (Å²) in [4.78, 5) is 0. The number of benzene rings is 1. The maximum absolute atomic E-state index is 4.45. The smallest absolute Gasteiger partial charge is 0.0568 e. The van der Waals surface area contributed by atoms with Crippen molar-refractivity contribution in [1.82, 2.24) is 9.78 Å². The highest BCUT2D eigenvalue weighted by atomic mass is 32.1. The summed E-state index contributed by atoms with van der Waals surface area (Å²) in [6.07, 6.45) is 6.66. The Hall–Kier alpha value is -1.22. The van der Waals surface area contributed by atoms with Gasteiger partial charge < -0.3 is 0 Å². The van der Waals surface area contributed by atoms with E-state index < -0.39 is 0 Å². The molecule has 1 aliphatic carbocycles. The summed E-state index contributed by atoms with van der Waals surface area (Å²) in [5.41, 5.74) is 2.85. The van der Waals surface area contributed by atoms with Crippen molar-refractivity contribution in [3.63, 3.8) is 0 Å². The minimum atomic E-state index is 0.420. The number of hydrogen-bond acceptors (Lipinski definition) is 2. The molecule has 1 fully saturated rings. The predicted molar refractivity (Wildman–Crippen MR) is 73.2 cm³/mol. The van der Waals surface area contributed by atoms with Crippen LogP contribution in [0.25, 0.3) is 11.1 Å². The van der Waals surface area contributed by atoms with E-state index in [9.17, 15) is 0 Å². The Morgan fingerprint density at radius 1 is 1.18 bits per heavy atom. The topological polar surface area (TPSA) is 17.8 Å². The van der Waals surface area contributed by atoms with E-state index in [1.165, 1.54) is 24.0 Å². The van der Waals surface area contributed by atoms with Gasteiger partial charge in [-0.3, -0.25) is 4.68 Å². The zero-order chi connectivity index (χ0) is 11.7. The first-order chi connectivity index (χ1) is 8.31. The van der Waals surface area contributed by atoms with Crippen molar-refractivity contribution in [1.29, 1.82) is 0 Å². The normalized spacial score (nSPS) is 17.0. The Labute approximate surface area is 107 Å². The molecule has 0 amide bonds. The highest BCUT2D eigenvalue weighted by molar-refractivity contribution is 7.80. The van der Waals surface area contributed by atoms with E-state index in [4.69, 9.17) is 0 Å². The van der Waals surface area contributed by atoms with Gasteiger partial charge in [-0.05, 0) is 29.6 Å². The number of hydrogen-bond donors (Lipinski definition) is 1. The SMILES string of the molecule is SCC1(Cn2cc(-c3ccccc3)cn2)CC1. The molecule has 2 nitrogen and oxygen atoms in total. The second-order valence-corrected chi connectivity index (χ2v) is 5.27. The van der Waals surface area contributed by atoms with Crippen molar-refractivity contribution in [2.24, 2.45) is 5.41 Å². The first kappa shape index (κ1) is 10.9. The molecule has 0 aliphatic heterocycles. The number of nitrogens with zero attached hydrogens (tertiary/aromatic N) is 2. The second-order valence-electron chi connectivity index (χ2n) is 4.95. The molecule has 0 radical (unpaired) electrons. The van der Waals surface area contributed by atoms with Gasteiger partial charge in [-0.2, -0.15) is 17.7 Å². The largest absolute Gasteiger partial charge is 0.272 e. The van der Waals surface area contributed by atoms with Crippen molar-refractivity contribution in [2.45, 2.75) is 19.4 Å². The van der Waals surface area contributed by atoms with Gasteiger partial charge in [0.2, 0.25) is 0 Å². The van der Waals surface area contributed by atoms with E-state index >= 15 is 0 Å². The third-order valence-corrected chi connectivity index (χ3v) is 4.20. The van der Waals surface area contributed by atoms with Crippen LogP contribution in [-0.4, -0.2) is 15.5 Å². The molecule has 0 bridgehead atoms. The van der Waals surface area contributed by atoms with Gasteiger partial charge >= 0.3 is 0 Å². The zero-order valence-electron chi connectivity index (χ0n) is 9.71. The third kappa shape index (κ3) is 2.25. The van der Waals surface area contributed by atoms with Gasteiger partial charge in [0.1, 0.15) is 0 Å². The van der Waals surface area contributed by atoms with Gasteiger partial charge in [-0.1, -0.05) is 30.3 Å². The van der Waals surface area contributed by atoms with Crippen LogP contribution in [0.4, 0.5) is 0 Å². The third-order valence-electron chi connectivity index (χ3n) is 3.53. The molecule has 0 saturated heterocycles. The van der Waals surface area contributed by atoms with E-state index in [1.54, 1.807) is 0 Å². The van der Waals surface area contributed by atoms with Crippen LogP contribution in [0.5, 0.6) is 0 Å². The Kier molecular flexibility index (Phi) is 2.71. The molecule has 2 aromatic rings. The highest BCUT2D eigenvalue weighted by Gasteiger charge is 2.41. The summed E-state index contributed by atoms with van der Waals surface area (Å²) in [5.74, 6) is 0.966. The van der Waals surface area contributed by atoms with Crippen LogP contribution in [0, 0.1) is 5.41 Å². The molecule has 1 aliphatic rings. The fourth-order valence-electron chi connectivity index (χ4n) is 2.12. The second kappa shape index (κ2) is 4.22. The summed E-state index contributed by atoms with van der Waals surface area (Å²) < 4.78 is 2.06. The van der Waals surface area contributed by atoms with Crippen LogP contribution in [0.2, 0.25) is 0 Å². The maximum atomic E-state index is 4.45. The fourth-order valence-corrected chi connectivity index (χ4v) is 2.53. The van der Waals surface area contributed by atoms with Gasteiger partial charge in [0, 0.05) is 18.3 Å². The van der Waals surface area contributed by atoms with Crippen LogP contribution in [-0.2, 0) is 6.54 Å². The molecule has 0 spiro atoms. The minimum Gasteiger partial charge on any atom is -0.272 e. The Morgan fingerprint density at radius 3 is 2.59 bits per heavy atom. The van der Waals surface area contributed by atoms with Crippen molar-refractivity contribution in [2.75, 3.05) is 5.75 Å². The number of rotatable bonds is 4. The molecule has 1 heterocycles. The summed E-state index contributed by atoms with van der Waals surface area (Å²) in [5, 5.41) is 4.45. The molecule has 3 heteroatoms. The lowest BCUT2D eigenvalue weighted by Crippen LogP contribution is -2.13. The van der Waals surface area contributed by atoms with Gasteiger partial charge in [0.15, 0.2) is 0 Å². The summed E-state index contributed by atoms with van der Waals surface area (Å²) >= 11 is 4.43. The van der Waals surface area contributed by atoms with Crippen molar-refractivity contribution >= 4 is 12.6 Å². The lowest BCUT2D eigenvalue weighted by Gasteiger charge is -2.10. The Balaban J connectivity index is 1.79. The predicted octanol–water partition coefficient (Wildman–Crippen LogP) is 3.26. The van der Waals surface area contributed by atoms with Crippen LogP contribution < -0.4 is 0 Å². The summed E-state index contributed by atoms with van der Waals surface area (Å²) in [6, 6.07) is 10.4. The first-order valence-corrected chi connectivity index (χ1v) is 6.63. The van der Waals surface area contributed by atoms with Gasteiger partial charge in [0.25, 0.3) is 0 Å². The highest BCUT2D eigenvalue weighted by Crippen LogP contribution is 2.47. The van der Waals surface area contributed by atoms with E-state index in [1.807, 2.05) is 12.3 Å². The molecule has 3 rings (SSSR count). The van der Waals surface area contributed by atoms with Crippen LogP contribution in [0.15, 0.2) is 42.7 Å². The van der Waals surface area contributed by atoms with Gasteiger partial charge in [0.05, 0.1) is 6.20 Å². The molecular formula is C14H16N2S. The van der Waals surface area contributed by atoms with Gasteiger partial charge in [-0.15, -0.1) is 0 Å². The van der Waals surface area contributed by atoms with E-state index in [-0.39, 0.29) is 0 Å². The molecule has 0 unspecified atom stereocenters. The molecule has 0 atom stereocenters. The molecule has 1 aromatic carbocycles. The van der Waals surface area contributed by atoms with E-state index in [0.717, 1.165) is 12.3 Å². The van der Waals surface area contributed by atoms with Crippen molar-refractivity contribution < 1.29 is 0 Å². The zero-order valence-corrected chi connectivity index (χ0v) is 10.6. The van der Waals surface area contributed by atoms with E-state index in [2.05, 4.69) is 52.9 Å². The monoisotopic (exact) mass is 244 g/mol. The number of thiol groups is 1. The first-order valence-electron chi connectivity index (χ1n) is 6.00.